The van der Waals surface area contributed by atoms with Gasteiger partial charge in [-0.15, -0.1) is 0 Å². The van der Waals surface area contributed by atoms with E-state index in [0.29, 0.717) is 18.9 Å². The first-order valence-electron chi connectivity index (χ1n) is 5.61. The van der Waals surface area contributed by atoms with Gasteiger partial charge < -0.3 is 15.2 Å². The number of imidazole rings is 1. The molecule has 7 heteroatoms. The molecule has 96 valence electrons. The van der Waals surface area contributed by atoms with Crippen LogP contribution in [0.5, 0.6) is 0 Å². The minimum atomic E-state index is -0.464. The van der Waals surface area contributed by atoms with Gasteiger partial charge in [0.15, 0.2) is 11.6 Å². The van der Waals surface area contributed by atoms with E-state index in [-0.39, 0.29) is 5.82 Å². The second-order valence-electron chi connectivity index (χ2n) is 3.77. The van der Waals surface area contributed by atoms with Crippen molar-refractivity contribution in [2.75, 3.05) is 24.2 Å². The molecule has 0 aliphatic heterocycles. The fraction of sp³-hybridized carbons (Fsp3) is 0.364. The number of halogens is 1. The molecule has 0 atom stereocenters. The quantitative estimate of drug-likeness (QED) is 0.830. The molecule has 2 aromatic heterocycles. The molecule has 2 N–H and O–H groups in total. The Balaban J connectivity index is 1.96. The molecular weight excluding hydrogens is 235 g/mol. The van der Waals surface area contributed by atoms with Crippen LogP contribution in [0, 0.1) is 5.82 Å². The van der Waals surface area contributed by atoms with Crippen LogP contribution in [0.25, 0.3) is 0 Å². The van der Waals surface area contributed by atoms with E-state index >= 15 is 0 Å². The molecule has 0 saturated carbocycles. The number of aryl methyl sites for hydroxylation is 1. The van der Waals surface area contributed by atoms with Crippen LogP contribution in [0.4, 0.5) is 16.2 Å². The Labute approximate surface area is 104 Å². The third-order valence-electron chi connectivity index (χ3n) is 2.53. The fourth-order valence-electron chi connectivity index (χ4n) is 1.54. The van der Waals surface area contributed by atoms with Crippen LogP contribution in [-0.2, 0) is 13.5 Å². The van der Waals surface area contributed by atoms with Gasteiger partial charge in [-0.3, -0.25) is 0 Å². The van der Waals surface area contributed by atoms with Crippen molar-refractivity contribution in [2.24, 2.45) is 7.05 Å². The molecule has 0 aliphatic carbocycles. The zero-order chi connectivity index (χ0) is 13.0. The van der Waals surface area contributed by atoms with Crippen LogP contribution in [0.2, 0.25) is 0 Å². The number of anilines is 2. The van der Waals surface area contributed by atoms with E-state index in [0.717, 1.165) is 12.0 Å². The largest absolute Gasteiger partial charge is 0.367 e. The molecule has 2 heterocycles. The predicted molar refractivity (Wildman–Crippen MR) is 66.9 cm³/mol. The van der Waals surface area contributed by atoms with Crippen LogP contribution in [0.3, 0.4) is 0 Å². The number of rotatable bonds is 5. The maximum atomic E-state index is 13.4. The van der Waals surface area contributed by atoms with E-state index in [1.165, 1.54) is 0 Å². The Morgan fingerprint density at radius 3 is 2.89 bits per heavy atom. The van der Waals surface area contributed by atoms with Crippen molar-refractivity contribution in [2.45, 2.75) is 6.42 Å². The number of nitrogens with one attached hydrogen (secondary N) is 2. The lowest BCUT2D eigenvalue weighted by Crippen LogP contribution is -2.12. The topological polar surface area (TPSA) is 67.7 Å². The fourth-order valence-corrected chi connectivity index (χ4v) is 1.54. The summed E-state index contributed by atoms with van der Waals surface area (Å²) in [5, 5.41) is 5.70. The Bertz CT molecular complexity index is 524. The lowest BCUT2D eigenvalue weighted by molar-refractivity contribution is 0.617. The summed E-state index contributed by atoms with van der Waals surface area (Å²) in [6.45, 7) is 0.557. The van der Waals surface area contributed by atoms with Gasteiger partial charge in [-0.1, -0.05) is 0 Å². The molecule has 0 unspecified atom stereocenters. The highest BCUT2D eigenvalue weighted by molar-refractivity contribution is 5.40. The van der Waals surface area contributed by atoms with Crippen LogP contribution in [0.1, 0.15) is 5.82 Å². The summed E-state index contributed by atoms with van der Waals surface area (Å²) in [6, 6.07) is 0. The Morgan fingerprint density at radius 2 is 2.22 bits per heavy atom. The van der Waals surface area contributed by atoms with E-state index in [2.05, 4.69) is 25.6 Å². The lowest BCUT2D eigenvalue weighted by Gasteiger charge is -2.07. The average molecular weight is 250 g/mol. The van der Waals surface area contributed by atoms with Crippen molar-refractivity contribution in [1.29, 1.82) is 0 Å². The Morgan fingerprint density at radius 1 is 1.39 bits per heavy atom. The highest BCUT2D eigenvalue weighted by Gasteiger charge is 2.06. The standard InChI is InChI=1S/C11H15FN6/c1-13-11-16-7-8(12)10(17-11)15-4-3-9-14-5-6-18(9)2/h5-7H,3-4H2,1-2H3,(H2,13,15,16,17). The van der Waals surface area contributed by atoms with E-state index in [1.54, 1.807) is 13.2 Å². The summed E-state index contributed by atoms with van der Waals surface area (Å²) in [4.78, 5) is 12.0. The van der Waals surface area contributed by atoms with E-state index in [4.69, 9.17) is 0 Å². The molecule has 2 rings (SSSR count). The molecule has 0 radical (unpaired) electrons. The second kappa shape index (κ2) is 5.44. The first kappa shape index (κ1) is 12.3. The number of hydrogen-bond donors (Lipinski definition) is 2. The summed E-state index contributed by atoms with van der Waals surface area (Å²) in [5.74, 6) is 1.05. The smallest absolute Gasteiger partial charge is 0.224 e. The Kier molecular flexibility index (Phi) is 3.71. The van der Waals surface area contributed by atoms with Crippen LogP contribution in [-0.4, -0.2) is 33.1 Å². The minimum Gasteiger partial charge on any atom is -0.367 e. The SMILES string of the molecule is CNc1ncc(F)c(NCCc2nccn2C)n1. The van der Waals surface area contributed by atoms with Crippen molar-refractivity contribution in [3.05, 3.63) is 30.2 Å². The van der Waals surface area contributed by atoms with Gasteiger partial charge >= 0.3 is 0 Å². The molecule has 0 amide bonds. The maximum absolute atomic E-state index is 13.4. The van der Waals surface area contributed by atoms with E-state index in [9.17, 15) is 4.39 Å². The summed E-state index contributed by atoms with van der Waals surface area (Å²) in [7, 11) is 3.61. The van der Waals surface area contributed by atoms with Crippen molar-refractivity contribution < 1.29 is 4.39 Å². The highest BCUT2D eigenvalue weighted by Crippen LogP contribution is 2.11. The van der Waals surface area contributed by atoms with Gasteiger partial charge in [-0.2, -0.15) is 4.98 Å². The van der Waals surface area contributed by atoms with Gasteiger partial charge in [0.1, 0.15) is 5.82 Å². The lowest BCUT2D eigenvalue weighted by atomic mass is 10.4. The van der Waals surface area contributed by atoms with Crippen molar-refractivity contribution in [3.8, 4) is 0 Å². The van der Waals surface area contributed by atoms with E-state index < -0.39 is 5.82 Å². The summed E-state index contributed by atoms with van der Waals surface area (Å²) < 4.78 is 15.3. The number of aromatic nitrogens is 4. The van der Waals surface area contributed by atoms with Crippen molar-refractivity contribution in [3.63, 3.8) is 0 Å². The third-order valence-corrected chi connectivity index (χ3v) is 2.53. The average Bonchev–Trinajstić information content (AvgIpc) is 2.77. The predicted octanol–water partition coefficient (Wildman–Crippen LogP) is 1.05. The second-order valence-corrected chi connectivity index (χ2v) is 3.77. The zero-order valence-electron chi connectivity index (χ0n) is 10.3. The molecule has 6 nitrogen and oxygen atoms in total. The number of nitrogens with zero attached hydrogens (tertiary/aromatic N) is 4. The highest BCUT2D eigenvalue weighted by atomic mass is 19.1. The van der Waals surface area contributed by atoms with Crippen LogP contribution < -0.4 is 10.6 Å². The molecule has 0 saturated heterocycles. The van der Waals surface area contributed by atoms with Gasteiger partial charge in [0.2, 0.25) is 5.95 Å². The molecule has 0 aromatic carbocycles. The molecule has 0 aliphatic rings. The summed E-state index contributed by atoms with van der Waals surface area (Å²) in [6.07, 6.45) is 5.45. The third kappa shape index (κ3) is 2.73. The molecule has 0 bridgehead atoms. The van der Waals surface area contributed by atoms with E-state index in [1.807, 2.05) is 17.8 Å². The minimum absolute atomic E-state index is 0.198. The van der Waals surface area contributed by atoms with Crippen molar-refractivity contribution in [1.82, 2.24) is 19.5 Å². The normalized spacial score (nSPS) is 10.4. The van der Waals surface area contributed by atoms with Crippen LogP contribution >= 0.6 is 0 Å². The van der Waals surface area contributed by atoms with Crippen LogP contribution in [0.15, 0.2) is 18.6 Å². The zero-order valence-corrected chi connectivity index (χ0v) is 10.3. The van der Waals surface area contributed by atoms with Gasteiger partial charge in [0.25, 0.3) is 0 Å². The van der Waals surface area contributed by atoms with Gasteiger partial charge in [0, 0.05) is 39.5 Å². The molecule has 0 spiro atoms. The summed E-state index contributed by atoms with van der Waals surface area (Å²) in [5.41, 5.74) is 0. The van der Waals surface area contributed by atoms with Gasteiger partial charge in [0.05, 0.1) is 6.20 Å². The maximum Gasteiger partial charge on any atom is 0.224 e. The first-order valence-corrected chi connectivity index (χ1v) is 5.61. The summed E-state index contributed by atoms with van der Waals surface area (Å²) >= 11 is 0. The monoisotopic (exact) mass is 250 g/mol. The number of hydrogen-bond acceptors (Lipinski definition) is 5. The molecular formula is C11H15FN6. The molecule has 0 fully saturated rings. The molecule has 2 aromatic rings. The van der Waals surface area contributed by atoms with Crippen molar-refractivity contribution >= 4 is 11.8 Å². The first-order chi connectivity index (χ1) is 8.70. The Hall–Kier alpha value is -2.18. The van der Waals surface area contributed by atoms with Gasteiger partial charge in [-0.05, 0) is 0 Å². The molecule has 18 heavy (non-hydrogen) atoms. The van der Waals surface area contributed by atoms with Gasteiger partial charge in [-0.25, -0.2) is 14.4 Å².